The maximum absolute atomic E-state index is 9.98. The van der Waals surface area contributed by atoms with E-state index in [1.807, 2.05) is 0 Å². The zero-order valence-corrected chi connectivity index (χ0v) is 4.70. The van der Waals surface area contributed by atoms with Gasteiger partial charge in [0.25, 0.3) is 0 Å². The molecule has 40 valence electrons. The second kappa shape index (κ2) is 3.68. The molecule has 0 atom stereocenters. The number of carbonyl (C=O) groups excluding carboxylic acids is 1. The number of carbonyl (C=O) groups is 1. The number of hydrogen-bond donors (Lipinski definition) is 1. The van der Waals surface area contributed by atoms with E-state index >= 15 is 0 Å². The molecule has 0 aromatic heterocycles. The van der Waals surface area contributed by atoms with Gasteiger partial charge >= 0.3 is 0 Å². The summed E-state index contributed by atoms with van der Waals surface area (Å²) >= 11 is 5.05. The molecule has 0 aromatic rings. The van der Waals surface area contributed by atoms with E-state index in [0.717, 1.165) is 0 Å². The first-order valence-electron chi connectivity index (χ1n) is 1.79. The highest BCUT2D eigenvalue weighted by Crippen LogP contribution is 1.71. The molecule has 0 rings (SSSR count). The molecule has 0 aliphatic heterocycles. The molecule has 2 nitrogen and oxygen atoms in total. The highest BCUT2D eigenvalue weighted by molar-refractivity contribution is 6.25. The average Bonchev–Trinajstić information content (AvgIpc) is 1.61. The minimum absolute atomic E-state index is 0.114. The zero-order chi connectivity index (χ0) is 5.70. The number of nitrogens with one attached hydrogen (secondary N) is 1. The van der Waals surface area contributed by atoms with Crippen LogP contribution in [0.3, 0.4) is 0 Å². The lowest BCUT2D eigenvalue weighted by molar-refractivity contribution is -0.118. The van der Waals surface area contributed by atoms with Crippen LogP contribution in [-0.2, 0) is 4.79 Å². The van der Waals surface area contributed by atoms with Crippen molar-refractivity contribution in [3.8, 4) is 0 Å². The minimum atomic E-state index is -0.114. The van der Waals surface area contributed by atoms with E-state index in [4.69, 9.17) is 11.6 Å². The van der Waals surface area contributed by atoms with Crippen LogP contribution in [0.2, 0.25) is 0 Å². The third-order valence-electron chi connectivity index (χ3n) is 0.350. The summed E-state index contributed by atoms with van der Waals surface area (Å²) in [5.74, 6) is -0.114. The number of hydrogen-bond acceptors (Lipinski definition) is 1. The van der Waals surface area contributed by atoms with Crippen molar-refractivity contribution in [3.63, 3.8) is 0 Å². The van der Waals surface area contributed by atoms with Gasteiger partial charge in [0.15, 0.2) is 0 Å². The van der Waals surface area contributed by atoms with Gasteiger partial charge in [-0.05, 0) is 0 Å². The predicted octanol–water partition coefficient (Wildman–Crippen LogP) is 0.833. The van der Waals surface area contributed by atoms with Gasteiger partial charge in [-0.1, -0.05) is 11.6 Å². The zero-order valence-electron chi connectivity index (χ0n) is 3.94. The largest absolute Gasteiger partial charge is 0.332 e. The van der Waals surface area contributed by atoms with E-state index < -0.39 is 0 Å². The summed E-state index contributed by atoms with van der Waals surface area (Å²) in [6.07, 6.45) is 1.36. The molecule has 0 bridgehead atoms. The molecule has 0 spiro atoms. The van der Waals surface area contributed by atoms with Crippen LogP contribution in [0.5, 0.6) is 0 Å². The van der Waals surface area contributed by atoms with Crippen molar-refractivity contribution in [1.29, 1.82) is 0 Å². The third kappa shape index (κ3) is 5.50. The maximum Gasteiger partial charge on any atom is 0.220 e. The van der Waals surface area contributed by atoms with Crippen molar-refractivity contribution in [2.45, 2.75) is 6.92 Å². The lowest BCUT2D eigenvalue weighted by Crippen LogP contribution is -2.10. The highest BCUT2D eigenvalue weighted by atomic mass is 35.5. The Morgan fingerprint density at radius 2 is 2.43 bits per heavy atom. The Balaban J connectivity index is 3.14. The Bertz CT molecular complexity index is 89.7. The van der Waals surface area contributed by atoms with Gasteiger partial charge in [-0.3, -0.25) is 4.79 Å². The smallest absolute Gasteiger partial charge is 0.220 e. The molecule has 3 heteroatoms. The molecule has 0 heterocycles. The van der Waals surface area contributed by atoms with Crippen molar-refractivity contribution in [2.24, 2.45) is 0 Å². The van der Waals surface area contributed by atoms with Gasteiger partial charge in [0.2, 0.25) is 5.91 Å². The second-order valence-electron chi connectivity index (χ2n) is 0.993. The van der Waals surface area contributed by atoms with Crippen LogP contribution >= 0.6 is 11.6 Å². The Kier molecular flexibility index (Phi) is 3.42. The van der Waals surface area contributed by atoms with Gasteiger partial charge in [-0.2, -0.15) is 0 Å². The molecule has 7 heavy (non-hydrogen) atoms. The fraction of sp³-hybridized carbons (Fsp3) is 0.250. The number of rotatable bonds is 1. The van der Waals surface area contributed by atoms with E-state index in [1.165, 1.54) is 18.7 Å². The molecule has 0 radical (unpaired) electrons. The standard InChI is InChI=1S/C4H6ClNO/c1-4(7)6-3-2-5/h2-3H,1H3,(H,6,7)/b3-2-. The summed E-state index contributed by atoms with van der Waals surface area (Å²) < 4.78 is 0. The van der Waals surface area contributed by atoms with E-state index in [1.54, 1.807) is 0 Å². The fourth-order valence-corrected chi connectivity index (χ4v) is 0.212. The lowest BCUT2D eigenvalue weighted by atomic mass is 10.7. The summed E-state index contributed by atoms with van der Waals surface area (Å²) in [6.45, 7) is 1.41. The summed E-state index contributed by atoms with van der Waals surface area (Å²) in [5.41, 5.74) is 1.24. The number of amides is 1. The Morgan fingerprint density at radius 3 is 2.57 bits per heavy atom. The van der Waals surface area contributed by atoms with Crippen molar-refractivity contribution in [2.75, 3.05) is 0 Å². The monoisotopic (exact) mass is 119 g/mol. The summed E-state index contributed by atoms with van der Waals surface area (Å²) in [5, 5.41) is 2.34. The van der Waals surface area contributed by atoms with E-state index in [0.29, 0.717) is 0 Å². The van der Waals surface area contributed by atoms with Gasteiger partial charge in [0, 0.05) is 18.7 Å². The average molecular weight is 120 g/mol. The first-order valence-corrected chi connectivity index (χ1v) is 2.23. The molecule has 1 N–H and O–H groups in total. The van der Waals surface area contributed by atoms with Gasteiger partial charge in [-0.15, -0.1) is 0 Å². The van der Waals surface area contributed by atoms with Crippen LogP contribution in [0.4, 0.5) is 0 Å². The van der Waals surface area contributed by atoms with Gasteiger partial charge in [0.1, 0.15) is 0 Å². The topological polar surface area (TPSA) is 29.1 Å². The van der Waals surface area contributed by atoms with Crippen LogP contribution in [0.25, 0.3) is 0 Å². The quantitative estimate of drug-likeness (QED) is 0.544. The van der Waals surface area contributed by atoms with Crippen LogP contribution in [0, 0.1) is 0 Å². The van der Waals surface area contributed by atoms with Gasteiger partial charge in [0.05, 0.1) is 0 Å². The highest BCUT2D eigenvalue weighted by Gasteiger charge is 1.77. The molecular formula is C4H6ClNO. The fourth-order valence-electron chi connectivity index (χ4n) is 0.149. The number of halogens is 1. The van der Waals surface area contributed by atoms with Crippen molar-refractivity contribution < 1.29 is 4.79 Å². The van der Waals surface area contributed by atoms with Crippen LogP contribution in [0.1, 0.15) is 6.92 Å². The van der Waals surface area contributed by atoms with Crippen LogP contribution < -0.4 is 5.32 Å². The van der Waals surface area contributed by atoms with Gasteiger partial charge in [-0.25, -0.2) is 0 Å². The van der Waals surface area contributed by atoms with E-state index in [-0.39, 0.29) is 5.91 Å². The summed E-state index contributed by atoms with van der Waals surface area (Å²) in [4.78, 5) is 9.98. The SMILES string of the molecule is CC(=O)N/C=C\Cl. The Labute approximate surface area is 47.2 Å². The van der Waals surface area contributed by atoms with Crippen molar-refractivity contribution in [1.82, 2.24) is 5.32 Å². The first kappa shape index (κ1) is 6.50. The van der Waals surface area contributed by atoms with Crippen LogP contribution in [-0.4, -0.2) is 5.91 Å². The Hall–Kier alpha value is -0.500. The molecular weight excluding hydrogens is 114 g/mol. The predicted molar refractivity (Wildman–Crippen MR) is 28.8 cm³/mol. The van der Waals surface area contributed by atoms with E-state index in [2.05, 4.69) is 5.32 Å². The minimum Gasteiger partial charge on any atom is -0.332 e. The summed E-state index contributed by atoms with van der Waals surface area (Å²) in [7, 11) is 0. The molecule has 0 aromatic carbocycles. The molecule has 0 aliphatic carbocycles. The third-order valence-corrected chi connectivity index (χ3v) is 0.476. The van der Waals surface area contributed by atoms with Gasteiger partial charge < -0.3 is 5.32 Å². The van der Waals surface area contributed by atoms with E-state index in [9.17, 15) is 4.79 Å². The first-order chi connectivity index (χ1) is 3.27. The Morgan fingerprint density at radius 1 is 1.86 bits per heavy atom. The molecule has 0 saturated carbocycles. The molecule has 0 aliphatic rings. The molecule has 0 fully saturated rings. The summed E-state index contributed by atoms with van der Waals surface area (Å²) in [6, 6.07) is 0. The maximum atomic E-state index is 9.98. The van der Waals surface area contributed by atoms with Crippen molar-refractivity contribution in [3.05, 3.63) is 11.7 Å². The normalized spacial score (nSPS) is 9.43. The lowest BCUT2D eigenvalue weighted by Gasteiger charge is -1.84. The molecule has 1 amide bonds. The second-order valence-corrected chi connectivity index (χ2v) is 1.25. The molecule has 0 unspecified atom stereocenters. The van der Waals surface area contributed by atoms with Crippen LogP contribution in [0.15, 0.2) is 11.7 Å². The van der Waals surface area contributed by atoms with Crippen molar-refractivity contribution >= 4 is 17.5 Å². The molecule has 0 saturated heterocycles.